The Labute approximate surface area is 89.4 Å². The summed E-state index contributed by atoms with van der Waals surface area (Å²) in [6.45, 7) is 7.92. The summed E-state index contributed by atoms with van der Waals surface area (Å²) in [5.74, 6) is 0. The number of halogens is 2. The normalized spacial score (nSPS) is 15.8. The van der Waals surface area contributed by atoms with Crippen molar-refractivity contribution < 1.29 is 17.2 Å². The summed E-state index contributed by atoms with van der Waals surface area (Å²) in [5.41, 5.74) is -0.226. The van der Waals surface area contributed by atoms with Gasteiger partial charge < -0.3 is 0 Å². The maximum atomic E-state index is 11.3. The van der Waals surface area contributed by atoms with E-state index in [0.29, 0.717) is 0 Å². The van der Waals surface area contributed by atoms with E-state index < -0.39 is 15.9 Å². The predicted molar refractivity (Wildman–Crippen MR) is 55.4 cm³/mol. The van der Waals surface area contributed by atoms with Crippen molar-refractivity contribution in [1.29, 1.82) is 0 Å². The second kappa shape index (κ2) is 5.12. The third-order valence-corrected chi connectivity index (χ3v) is 6.36. The zero-order chi connectivity index (χ0) is 10.7. The fraction of sp³-hybridized carbons (Fsp3) is 1.00. The fourth-order valence-electron chi connectivity index (χ4n) is 0.395. The van der Waals surface area contributed by atoms with Gasteiger partial charge in [-0.3, -0.25) is 4.52 Å². The van der Waals surface area contributed by atoms with Crippen LogP contribution in [0.5, 0.6) is 0 Å². The van der Waals surface area contributed by atoms with Gasteiger partial charge in [-0.1, -0.05) is 19.6 Å². The molecule has 0 bridgehead atoms. The largest absolute Gasteiger partial charge is 0.507 e. The van der Waals surface area contributed by atoms with Gasteiger partial charge in [0.2, 0.25) is 0 Å². The Kier molecular flexibility index (Phi) is 5.48. The van der Waals surface area contributed by atoms with E-state index in [2.05, 4.69) is 8.15 Å². The van der Waals surface area contributed by atoms with Crippen molar-refractivity contribution in [2.24, 2.45) is 0 Å². The lowest BCUT2D eigenvalue weighted by Crippen LogP contribution is -2.37. The Morgan fingerprint density at radius 2 is 1.62 bits per heavy atom. The second-order valence-electron chi connectivity index (χ2n) is 3.70. The first-order chi connectivity index (χ1) is 5.75. The Balaban J connectivity index is 4.35. The van der Waals surface area contributed by atoms with Crippen molar-refractivity contribution in [2.45, 2.75) is 32.3 Å². The van der Waals surface area contributed by atoms with Gasteiger partial charge in [0, 0.05) is 0 Å². The van der Waals surface area contributed by atoms with E-state index in [1.54, 1.807) is 6.92 Å². The summed E-state index contributed by atoms with van der Waals surface area (Å²) in [7, 11) is -5.34. The fourth-order valence-corrected chi connectivity index (χ4v) is 2.97. The maximum Gasteiger partial charge on any atom is 0.507 e. The SMILES string of the molecule is CC(OP(=O)(OCl)OCl)[Si](C)(C)C. The minimum absolute atomic E-state index is 0.226. The molecule has 0 aliphatic carbocycles. The van der Waals surface area contributed by atoms with E-state index in [0.717, 1.165) is 0 Å². The van der Waals surface area contributed by atoms with Crippen molar-refractivity contribution in [3.05, 3.63) is 0 Å². The highest BCUT2D eigenvalue weighted by Gasteiger charge is 2.35. The third-order valence-electron chi connectivity index (χ3n) is 1.68. The summed E-state index contributed by atoms with van der Waals surface area (Å²) >= 11 is 9.84. The van der Waals surface area contributed by atoms with E-state index in [9.17, 15) is 4.57 Å². The average Bonchev–Trinajstić information content (AvgIpc) is 2.02. The minimum atomic E-state index is -3.77. The Bertz CT molecular complexity index is 199. The van der Waals surface area contributed by atoms with Crippen molar-refractivity contribution in [2.75, 3.05) is 0 Å². The molecule has 0 heterocycles. The summed E-state index contributed by atoms with van der Waals surface area (Å²) in [5, 5.41) is 0. The first-order valence-electron chi connectivity index (χ1n) is 3.64. The quantitative estimate of drug-likeness (QED) is 0.562. The van der Waals surface area contributed by atoms with Crippen LogP contribution in [0.3, 0.4) is 0 Å². The molecule has 4 nitrogen and oxygen atoms in total. The smallest absolute Gasteiger partial charge is 0.286 e. The molecule has 8 heteroatoms. The number of rotatable bonds is 5. The molecule has 1 atom stereocenters. The highest BCUT2D eigenvalue weighted by molar-refractivity contribution is 7.50. The molecule has 0 spiro atoms. The topological polar surface area (TPSA) is 44.8 Å². The number of hydrogen-bond acceptors (Lipinski definition) is 4. The Hall–Kier alpha value is 0.907. The molecule has 0 aliphatic heterocycles. The molecule has 1 unspecified atom stereocenters. The zero-order valence-corrected chi connectivity index (χ0v) is 11.3. The number of phosphoric acid groups is 1. The molecule has 0 aromatic rings. The molecule has 0 saturated carbocycles. The average molecular weight is 267 g/mol. The van der Waals surface area contributed by atoms with Crippen molar-refractivity contribution >= 4 is 39.6 Å². The second-order valence-corrected chi connectivity index (χ2v) is 11.5. The lowest BCUT2D eigenvalue weighted by molar-refractivity contribution is 0.202. The van der Waals surface area contributed by atoms with E-state index in [-0.39, 0.29) is 5.73 Å². The molecule has 0 rings (SSSR count). The number of hydrogen-bond donors (Lipinski definition) is 0. The summed E-state index contributed by atoms with van der Waals surface area (Å²) in [4.78, 5) is 0. The zero-order valence-electron chi connectivity index (χ0n) is 7.91. The standard InChI is InChI=1S/C5H13Cl2O4PSi/c1-5(13(2,3)4)9-12(8,10-6)11-7/h5H,1-4H3. The Morgan fingerprint density at radius 1 is 1.23 bits per heavy atom. The van der Waals surface area contributed by atoms with Gasteiger partial charge in [-0.2, -0.15) is 8.15 Å². The predicted octanol–water partition coefficient (Wildman–Crippen LogP) is 3.72. The lowest BCUT2D eigenvalue weighted by atomic mass is 10.9. The van der Waals surface area contributed by atoms with E-state index >= 15 is 0 Å². The van der Waals surface area contributed by atoms with Gasteiger partial charge in [0.05, 0.1) is 37.5 Å². The molecule has 0 aromatic carbocycles. The first kappa shape index (κ1) is 13.9. The van der Waals surface area contributed by atoms with Gasteiger partial charge in [0.25, 0.3) is 0 Å². The van der Waals surface area contributed by atoms with Gasteiger partial charge in [-0.25, -0.2) is 4.57 Å². The Morgan fingerprint density at radius 3 is 1.85 bits per heavy atom. The van der Waals surface area contributed by atoms with Crippen LogP contribution in [0.25, 0.3) is 0 Å². The molecular formula is C5H13Cl2O4PSi. The van der Waals surface area contributed by atoms with Crippen LogP contribution < -0.4 is 0 Å². The summed E-state index contributed by atoms with van der Waals surface area (Å²) < 4.78 is 24.4. The highest BCUT2D eigenvalue weighted by atomic mass is 35.5. The van der Waals surface area contributed by atoms with Crippen molar-refractivity contribution in [1.82, 2.24) is 0 Å². The van der Waals surface area contributed by atoms with Crippen molar-refractivity contribution in [3.63, 3.8) is 0 Å². The van der Waals surface area contributed by atoms with Crippen LogP contribution in [0.15, 0.2) is 0 Å². The van der Waals surface area contributed by atoms with Crippen LogP contribution in [-0.2, 0) is 17.2 Å². The molecule has 0 amide bonds. The van der Waals surface area contributed by atoms with Gasteiger partial charge in [-0.15, -0.1) is 0 Å². The monoisotopic (exact) mass is 266 g/mol. The minimum Gasteiger partial charge on any atom is -0.286 e. The van der Waals surface area contributed by atoms with Gasteiger partial charge >= 0.3 is 7.82 Å². The van der Waals surface area contributed by atoms with Gasteiger partial charge in [-0.05, 0) is 6.92 Å². The van der Waals surface area contributed by atoms with Crippen LogP contribution in [0.4, 0.5) is 0 Å². The lowest BCUT2D eigenvalue weighted by Gasteiger charge is -2.26. The highest BCUT2D eigenvalue weighted by Crippen LogP contribution is 2.53. The van der Waals surface area contributed by atoms with Gasteiger partial charge in [0.1, 0.15) is 0 Å². The van der Waals surface area contributed by atoms with E-state index in [4.69, 9.17) is 28.3 Å². The van der Waals surface area contributed by atoms with E-state index in [1.165, 1.54) is 0 Å². The molecule has 0 N–H and O–H groups in total. The molecule has 80 valence electrons. The van der Waals surface area contributed by atoms with Crippen LogP contribution in [0.2, 0.25) is 19.6 Å². The molecule has 0 aromatic heterocycles. The van der Waals surface area contributed by atoms with Crippen LogP contribution in [-0.4, -0.2) is 13.8 Å². The maximum absolute atomic E-state index is 11.3. The molecule has 0 saturated heterocycles. The van der Waals surface area contributed by atoms with Crippen LogP contribution >= 0.6 is 31.6 Å². The summed E-state index contributed by atoms with van der Waals surface area (Å²) in [6, 6.07) is 0. The van der Waals surface area contributed by atoms with E-state index in [1.807, 2.05) is 19.6 Å². The molecule has 0 fully saturated rings. The van der Waals surface area contributed by atoms with Crippen LogP contribution in [0.1, 0.15) is 6.92 Å². The third kappa shape index (κ3) is 4.79. The molecule has 13 heavy (non-hydrogen) atoms. The molecular weight excluding hydrogens is 254 g/mol. The van der Waals surface area contributed by atoms with Crippen molar-refractivity contribution in [3.8, 4) is 0 Å². The summed E-state index contributed by atoms with van der Waals surface area (Å²) in [6.07, 6.45) is 0. The first-order valence-corrected chi connectivity index (χ1v) is 9.30. The molecule has 0 aliphatic rings. The van der Waals surface area contributed by atoms with Crippen LogP contribution in [0, 0.1) is 0 Å². The van der Waals surface area contributed by atoms with Gasteiger partial charge in [0.15, 0.2) is 0 Å². The molecule has 0 radical (unpaired) electrons.